The van der Waals surface area contributed by atoms with E-state index in [0.717, 1.165) is 32.1 Å². The van der Waals surface area contributed by atoms with Crippen molar-refractivity contribution in [3.05, 3.63) is 0 Å². The Labute approximate surface area is 107 Å². The van der Waals surface area contributed by atoms with Crippen LogP contribution in [0.1, 0.15) is 44.9 Å². The zero-order valence-corrected chi connectivity index (χ0v) is 10.5. The fourth-order valence-electron chi connectivity index (χ4n) is 2.88. The largest absolute Gasteiger partial charge is 0.481 e. The number of nitrogens with one attached hydrogen (secondary N) is 1. The molecule has 2 aliphatic rings. The number of carbonyl (C=O) groups excluding carboxylic acids is 1. The third-order valence-electron chi connectivity index (χ3n) is 4.30. The zero-order chi connectivity index (χ0) is 13.2. The van der Waals surface area contributed by atoms with E-state index in [1.165, 1.54) is 0 Å². The molecular formula is C13H21NO4. The van der Waals surface area contributed by atoms with E-state index in [-0.39, 0.29) is 12.5 Å². The van der Waals surface area contributed by atoms with E-state index in [4.69, 9.17) is 5.11 Å². The van der Waals surface area contributed by atoms with Crippen LogP contribution in [0.5, 0.6) is 0 Å². The number of carbonyl (C=O) groups is 2. The first-order chi connectivity index (χ1) is 8.52. The molecule has 102 valence electrons. The maximum atomic E-state index is 12.0. The molecule has 2 fully saturated rings. The summed E-state index contributed by atoms with van der Waals surface area (Å²) in [6.07, 6.45) is 5.45. The maximum absolute atomic E-state index is 12.0. The molecule has 0 aromatic heterocycles. The molecule has 0 radical (unpaired) electrons. The Balaban J connectivity index is 1.87. The van der Waals surface area contributed by atoms with Crippen LogP contribution in [0.4, 0.5) is 0 Å². The fourth-order valence-corrected chi connectivity index (χ4v) is 2.88. The molecular weight excluding hydrogens is 234 g/mol. The highest BCUT2D eigenvalue weighted by molar-refractivity contribution is 5.84. The number of aliphatic hydroxyl groups is 1. The lowest BCUT2D eigenvalue weighted by molar-refractivity contribution is -0.149. The van der Waals surface area contributed by atoms with Crippen molar-refractivity contribution in [1.29, 1.82) is 0 Å². The number of amides is 1. The quantitative estimate of drug-likeness (QED) is 0.697. The summed E-state index contributed by atoms with van der Waals surface area (Å²) in [5, 5.41) is 21.7. The first kappa shape index (κ1) is 13.3. The second-order valence-corrected chi connectivity index (χ2v) is 5.63. The van der Waals surface area contributed by atoms with Gasteiger partial charge in [0.15, 0.2) is 0 Å². The average Bonchev–Trinajstić information content (AvgIpc) is 2.33. The van der Waals surface area contributed by atoms with Crippen molar-refractivity contribution in [3.8, 4) is 0 Å². The molecule has 2 aliphatic carbocycles. The third kappa shape index (κ3) is 2.83. The molecule has 0 spiro atoms. The summed E-state index contributed by atoms with van der Waals surface area (Å²) in [5.41, 5.74) is -0.747. The molecule has 5 heteroatoms. The van der Waals surface area contributed by atoms with E-state index in [1.54, 1.807) is 0 Å². The fraction of sp³-hybridized carbons (Fsp3) is 0.846. The molecule has 5 nitrogen and oxygen atoms in total. The Hall–Kier alpha value is -1.10. The lowest BCUT2D eigenvalue weighted by Gasteiger charge is -2.37. The zero-order valence-electron chi connectivity index (χ0n) is 10.5. The van der Waals surface area contributed by atoms with Crippen molar-refractivity contribution in [2.75, 3.05) is 6.54 Å². The van der Waals surface area contributed by atoms with Crippen LogP contribution >= 0.6 is 0 Å². The van der Waals surface area contributed by atoms with Crippen LogP contribution in [-0.4, -0.2) is 34.2 Å². The van der Waals surface area contributed by atoms with Gasteiger partial charge in [0.25, 0.3) is 0 Å². The maximum Gasteiger partial charge on any atom is 0.307 e. The second-order valence-electron chi connectivity index (χ2n) is 5.63. The number of hydrogen-bond donors (Lipinski definition) is 3. The summed E-state index contributed by atoms with van der Waals surface area (Å²) in [5.74, 6) is -2.07. The van der Waals surface area contributed by atoms with Gasteiger partial charge < -0.3 is 15.5 Å². The molecule has 0 aromatic rings. The first-order valence-corrected chi connectivity index (χ1v) is 6.75. The van der Waals surface area contributed by atoms with Gasteiger partial charge in [-0.25, -0.2) is 0 Å². The van der Waals surface area contributed by atoms with E-state index in [9.17, 15) is 14.7 Å². The van der Waals surface area contributed by atoms with Gasteiger partial charge in [0, 0.05) is 6.54 Å². The molecule has 0 aliphatic heterocycles. The predicted molar refractivity (Wildman–Crippen MR) is 64.9 cm³/mol. The van der Waals surface area contributed by atoms with Gasteiger partial charge in [-0.1, -0.05) is 12.8 Å². The molecule has 0 saturated heterocycles. The average molecular weight is 255 g/mol. The van der Waals surface area contributed by atoms with Gasteiger partial charge in [0.05, 0.1) is 17.4 Å². The number of carboxylic acids is 1. The van der Waals surface area contributed by atoms with E-state index in [2.05, 4.69) is 5.32 Å². The second kappa shape index (κ2) is 5.26. The van der Waals surface area contributed by atoms with Crippen molar-refractivity contribution in [1.82, 2.24) is 5.32 Å². The molecule has 0 heterocycles. The molecule has 18 heavy (non-hydrogen) atoms. The van der Waals surface area contributed by atoms with E-state index >= 15 is 0 Å². The highest BCUT2D eigenvalue weighted by atomic mass is 16.4. The minimum atomic E-state index is -0.878. The van der Waals surface area contributed by atoms with E-state index < -0.39 is 23.4 Å². The summed E-state index contributed by atoms with van der Waals surface area (Å²) in [4.78, 5) is 23.1. The van der Waals surface area contributed by atoms with Crippen molar-refractivity contribution in [2.45, 2.75) is 50.5 Å². The van der Waals surface area contributed by atoms with Crippen LogP contribution in [0.15, 0.2) is 0 Å². The van der Waals surface area contributed by atoms with Crippen molar-refractivity contribution < 1.29 is 19.8 Å². The third-order valence-corrected chi connectivity index (χ3v) is 4.30. The lowest BCUT2D eigenvalue weighted by atomic mass is 9.77. The van der Waals surface area contributed by atoms with Gasteiger partial charge in [0.1, 0.15) is 0 Å². The Morgan fingerprint density at radius 2 is 1.72 bits per heavy atom. The molecule has 2 saturated carbocycles. The molecule has 2 rings (SSSR count). The highest BCUT2D eigenvalue weighted by Gasteiger charge is 2.38. The number of rotatable bonds is 4. The number of hydrogen-bond acceptors (Lipinski definition) is 3. The molecule has 1 amide bonds. The van der Waals surface area contributed by atoms with E-state index in [0.29, 0.717) is 12.8 Å². The van der Waals surface area contributed by atoms with Crippen LogP contribution in [0, 0.1) is 11.8 Å². The van der Waals surface area contributed by atoms with Crippen LogP contribution < -0.4 is 5.32 Å². The van der Waals surface area contributed by atoms with Crippen molar-refractivity contribution >= 4 is 11.9 Å². The molecule has 0 aromatic carbocycles. The van der Waals surface area contributed by atoms with Crippen LogP contribution in [-0.2, 0) is 9.59 Å². The smallest absolute Gasteiger partial charge is 0.307 e. The van der Waals surface area contributed by atoms with Crippen LogP contribution in [0.25, 0.3) is 0 Å². The van der Waals surface area contributed by atoms with Crippen LogP contribution in [0.3, 0.4) is 0 Å². The van der Waals surface area contributed by atoms with Crippen molar-refractivity contribution in [2.24, 2.45) is 11.8 Å². The summed E-state index contributed by atoms with van der Waals surface area (Å²) in [6, 6.07) is 0. The predicted octanol–water partition coefficient (Wildman–Crippen LogP) is 0.909. The topological polar surface area (TPSA) is 86.6 Å². The van der Waals surface area contributed by atoms with Crippen molar-refractivity contribution in [3.63, 3.8) is 0 Å². The molecule has 0 unspecified atom stereocenters. The van der Waals surface area contributed by atoms with Gasteiger partial charge >= 0.3 is 5.97 Å². The summed E-state index contributed by atoms with van der Waals surface area (Å²) in [7, 11) is 0. The van der Waals surface area contributed by atoms with Crippen LogP contribution in [0.2, 0.25) is 0 Å². The van der Waals surface area contributed by atoms with Gasteiger partial charge in [-0.2, -0.15) is 0 Å². The standard InChI is InChI=1S/C13H21NO4/c15-11(14-8-13(18)6-3-7-13)9-4-1-2-5-10(9)12(16)17/h9-10,18H,1-8H2,(H,14,15)(H,16,17)/t9-,10+/m1/s1. The highest BCUT2D eigenvalue weighted by Crippen LogP contribution is 2.32. The Kier molecular flexibility index (Phi) is 3.90. The normalized spacial score (nSPS) is 30.3. The van der Waals surface area contributed by atoms with Gasteiger partial charge in [-0.15, -0.1) is 0 Å². The molecule has 2 atom stereocenters. The number of aliphatic carboxylic acids is 1. The Bertz CT molecular complexity index is 338. The summed E-state index contributed by atoms with van der Waals surface area (Å²) >= 11 is 0. The summed E-state index contributed by atoms with van der Waals surface area (Å²) < 4.78 is 0. The van der Waals surface area contributed by atoms with Gasteiger partial charge in [-0.05, 0) is 32.1 Å². The molecule has 0 bridgehead atoms. The molecule has 3 N–H and O–H groups in total. The Morgan fingerprint density at radius 3 is 2.22 bits per heavy atom. The van der Waals surface area contributed by atoms with E-state index in [1.807, 2.05) is 0 Å². The monoisotopic (exact) mass is 255 g/mol. The minimum Gasteiger partial charge on any atom is -0.481 e. The SMILES string of the molecule is O=C(O)[C@H]1CCCC[C@H]1C(=O)NCC1(O)CCC1. The van der Waals surface area contributed by atoms with Gasteiger partial charge in [-0.3, -0.25) is 9.59 Å². The van der Waals surface area contributed by atoms with Gasteiger partial charge in [0.2, 0.25) is 5.91 Å². The first-order valence-electron chi connectivity index (χ1n) is 6.75. The summed E-state index contributed by atoms with van der Waals surface area (Å²) in [6.45, 7) is 0.259. The minimum absolute atomic E-state index is 0.206. The Morgan fingerprint density at radius 1 is 1.11 bits per heavy atom. The lowest BCUT2D eigenvalue weighted by Crippen LogP contribution is -2.50. The number of carboxylic acid groups (broad SMARTS) is 1.